The first-order valence-electron chi connectivity index (χ1n) is 11.6. The highest BCUT2D eigenvalue weighted by Gasteiger charge is 2.31. The van der Waals surface area contributed by atoms with E-state index in [0.29, 0.717) is 22.8 Å². The molecule has 4 heterocycles. The average Bonchev–Trinajstić information content (AvgIpc) is 2.98. The van der Waals surface area contributed by atoms with Crippen LogP contribution in [0.4, 0.5) is 17.2 Å². The van der Waals surface area contributed by atoms with Gasteiger partial charge in [-0.2, -0.15) is 0 Å². The number of fused-ring (bicyclic) bond motifs is 2. The van der Waals surface area contributed by atoms with Crippen LogP contribution in [-0.2, 0) is 9.53 Å². The number of ether oxygens (including phenoxy) is 1. The fourth-order valence-electron chi connectivity index (χ4n) is 4.63. The molecule has 0 radical (unpaired) electrons. The van der Waals surface area contributed by atoms with E-state index in [2.05, 4.69) is 25.0 Å². The summed E-state index contributed by atoms with van der Waals surface area (Å²) in [7, 11) is 0. The Morgan fingerprint density at radius 1 is 0.909 bits per heavy atom. The van der Waals surface area contributed by atoms with Crippen molar-refractivity contribution in [2.75, 3.05) is 82.3 Å². The molecule has 0 aliphatic carbocycles. The van der Waals surface area contributed by atoms with Crippen LogP contribution in [0, 0.1) is 0 Å². The summed E-state index contributed by atoms with van der Waals surface area (Å²) in [5, 5.41) is 2.89. The van der Waals surface area contributed by atoms with Crippen molar-refractivity contribution in [1.29, 1.82) is 0 Å². The van der Waals surface area contributed by atoms with Crippen molar-refractivity contribution in [3.05, 3.63) is 48.2 Å². The molecule has 33 heavy (non-hydrogen) atoms. The number of nitrogens with zero attached hydrogens (tertiary/aromatic N) is 5. The Bertz CT molecular complexity index is 1000. The van der Waals surface area contributed by atoms with Gasteiger partial charge in [0.1, 0.15) is 0 Å². The van der Waals surface area contributed by atoms with Crippen molar-refractivity contribution in [2.45, 2.75) is 0 Å². The van der Waals surface area contributed by atoms with Gasteiger partial charge in [-0.15, -0.1) is 0 Å². The molecular weight excluding hydrogens is 420 g/mol. The van der Waals surface area contributed by atoms with Gasteiger partial charge >= 0.3 is 0 Å². The number of aromatic nitrogens is 1. The fraction of sp³-hybridized carbons (Fsp3) is 0.458. The van der Waals surface area contributed by atoms with E-state index in [1.165, 1.54) is 0 Å². The first kappa shape index (κ1) is 22.0. The number of amides is 2. The lowest BCUT2D eigenvalue weighted by atomic mass is 10.1. The number of morpholine rings is 1. The van der Waals surface area contributed by atoms with Crippen LogP contribution in [0.3, 0.4) is 0 Å². The molecular formula is C24H30N6O3. The van der Waals surface area contributed by atoms with Crippen LogP contribution in [0.2, 0.25) is 0 Å². The molecule has 1 N–H and O–H groups in total. The van der Waals surface area contributed by atoms with E-state index < -0.39 is 0 Å². The van der Waals surface area contributed by atoms with E-state index in [-0.39, 0.29) is 18.4 Å². The van der Waals surface area contributed by atoms with E-state index in [1.54, 1.807) is 41.4 Å². The van der Waals surface area contributed by atoms with Gasteiger partial charge in [0.2, 0.25) is 5.91 Å². The van der Waals surface area contributed by atoms with E-state index in [1.807, 2.05) is 6.07 Å². The molecule has 1 aromatic carbocycles. The van der Waals surface area contributed by atoms with E-state index in [4.69, 9.17) is 4.74 Å². The van der Waals surface area contributed by atoms with Gasteiger partial charge in [-0.05, 0) is 24.3 Å². The van der Waals surface area contributed by atoms with Crippen LogP contribution in [-0.4, -0.2) is 104 Å². The summed E-state index contributed by atoms with van der Waals surface area (Å²) in [5.41, 5.74) is 1.58. The maximum absolute atomic E-state index is 13.5. The molecule has 1 aromatic heterocycles. The molecule has 2 amide bonds. The quantitative estimate of drug-likeness (QED) is 0.735. The van der Waals surface area contributed by atoms with E-state index >= 15 is 0 Å². The molecule has 5 rings (SSSR count). The summed E-state index contributed by atoms with van der Waals surface area (Å²) in [6.45, 7) is 9.67. The Morgan fingerprint density at radius 2 is 1.61 bits per heavy atom. The molecule has 9 nitrogen and oxygen atoms in total. The first-order chi connectivity index (χ1) is 16.2. The zero-order chi connectivity index (χ0) is 22.6. The summed E-state index contributed by atoms with van der Waals surface area (Å²) >= 11 is 0. The average molecular weight is 451 g/mol. The van der Waals surface area contributed by atoms with Crippen LogP contribution in [0.15, 0.2) is 42.6 Å². The van der Waals surface area contributed by atoms with E-state index in [9.17, 15) is 9.59 Å². The number of anilines is 3. The third-order valence-electron chi connectivity index (χ3n) is 6.55. The van der Waals surface area contributed by atoms with Crippen molar-refractivity contribution < 1.29 is 14.3 Å². The second kappa shape index (κ2) is 9.96. The van der Waals surface area contributed by atoms with Crippen LogP contribution < -0.4 is 10.2 Å². The van der Waals surface area contributed by atoms with Gasteiger partial charge in [0.05, 0.1) is 36.7 Å². The summed E-state index contributed by atoms with van der Waals surface area (Å²) < 4.78 is 5.43. The number of benzene rings is 1. The van der Waals surface area contributed by atoms with Crippen molar-refractivity contribution in [1.82, 2.24) is 19.7 Å². The third-order valence-corrected chi connectivity index (χ3v) is 6.55. The van der Waals surface area contributed by atoms with Crippen LogP contribution in [0.25, 0.3) is 0 Å². The smallest absolute Gasteiger partial charge is 0.257 e. The fourth-order valence-corrected chi connectivity index (χ4v) is 4.63. The number of pyridine rings is 1. The monoisotopic (exact) mass is 450 g/mol. The Morgan fingerprint density at radius 3 is 2.39 bits per heavy atom. The van der Waals surface area contributed by atoms with Gasteiger partial charge < -0.3 is 10.1 Å². The predicted molar refractivity (Wildman–Crippen MR) is 126 cm³/mol. The van der Waals surface area contributed by atoms with Gasteiger partial charge in [0.25, 0.3) is 5.91 Å². The lowest BCUT2D eigenvalue weighted by Gasteiger charge is -2.36. The maximum Gasteiger partial charge on any atom is 0.257 e. The Hall–Kier alpha value is -2.85. The van der Waals surface area contributed by atoms with E-state index in [0.717, 1.165) is 65.6 Å². The molecule has 2 saturated heterocycles. The van der Waals surface area contributed by atoms with Gasteiger partial charge in [0, 0.05) is 58.6 Å². The molecule has 3 aliphatic heterocycles. The molecule has 2 fully saturated rings. The molecule has 2 aromatic rings. The molecule has 0 saturated carbocycles. The van der Waals surface area contributed by atoms with Crippen molar-refractivity contribution in [3.8, 4) is 0 Å². The first-order valence-corrected chi connectivity index (χ1v) is 11.6. The standard InChI is InChI=1S/C24H30N6O3/c31-22(18-29-12-10-27(11-13-29)8-9-28-14-16-33-17-15-28)30-21-6-2-1-4-19(21)24(32)26-20-5-3-7-25-23(20)30/h1-7H,8-18H2,(H,26,32). The van der Waals surface area contributed by atoms with Gasteiger partial charge in [0.15, 0.2) is 5.82 Å². The van der Waals surface area contributed by atoms with Crippen LogP contribution in [0.5, 0.6) is 0 Å². The zero-order valence-electron chi connectivity index (χ0n) is 18.8. The third kappa shape index (κ3) is 4.91. The lowest BCUT2D eigenvalue weighted by Crippen LogP contribution is -2.51. The van der Waals surface area contributed by atoms with Gasteiger partial charge in [-0.1, -0.05) is 12.1 Å². The minimum Gasteiger partial charge on any atom is -0.379 e. The highest BCUT2D eigenvalue weighted by Crippen LogP contribution is 2.36. The minimum atomic E-state index is -0.232. The van der Waals surface area contributed by atoms with Crippen molar-refractivity contribution in [3.63, 3.8) is 0 Å². The zero-order valence-corrected chi connectivity index (χ0v) is 18.8. The van der Waals surface area contributed by atoms with Crippen molar-refractivity contribution in [2.24, 2.45) is 0 Å². The Labute approximate surface area is 193 Å². The summed E-state index contributed by atoms with van der Waals surface area (Å²) in [5.74, 6) is 0.148. The highest BCUT2D eigenvalue weighted by atomic mass is 16.5. The SMILES string of the molecule is O=C1Nc2cccnc2N(C(=O)CN2CCN(CCN3CCOCC3)CC2)c2ccccc21. The predicted octanol–water partition coefficient (Wildman–Crippen LogP) is 1.26. The molecule has 3 aliphatic rings. The second-order valence-corrected chi connectivity index (χ2v) is 8.65. The minimum absolute atomic E-state index is 0.0827. The largest absolute Gasteiger partial charge is 0.379 e. The number of hydrogen-bond donors (Lipinski definition) is 1. The molecule has 0 unspecified atom stereocenters. The number of rotatable bonds is 5. The Balaban J connectivity index is 1.24. The Kier molecular flexibility index (Phi) is 6.63. The summed E-state index contributed by atoms with van der Waals surface area (Å²) in [6.07, 6.45) is 1.65. The second-order valence-electron chi connectivity index (χ2n) is 8.65. The van der Waals surface area contributed by atoms with Gasteiger partial charge in [-0.25, -0.2) is 4.98 Å². The summed E-state index contributed by atoms with van der Waals surface area (Å²) in [4.78, 5) is 39.4. The molecule has 174 valence electrons. The summed E-state index contributed by atoms with van der Waals surface area (Å²) in [6, 6.07) is 10.7. The van der Waals surface area contributed by atoms with Gasteiger partial charge in [-0.3, -0.25) is 29.2 Å². The molecule has 9 heteroatoms. The normalized spacial score (nSPS) is 20.0. The number of carbonyl (C=O) groups is 2. The molecule has 0 bridgehead atoms. The molecule has 0 spiro atoms. The highest BCUT2D eigenvalue weighted by molar-refractivity contribution is 6.17. The number of para-hydroxylation sites is 1. The van der Waals surface area contributed by atoms with Crippen molar-refractivity contribution >= 4 is 29.0 Å². The maximum atomic E-state index is 13.5. The van der Waals surface area contributed by atoms with Crippen LogP contribution in [0.1, 0.15) is 10.4 Å². The number of piperazine rings is 1. The lowest BCUT2D eigenvalue weighted by molar-refractivity contribution is -0.119. The van der Waals surface area contributed by atoms with Crippen LogP contribution >= 0.6 is 0 Å². The topological polar surface area (TPSA) is 81.2 Å². The number of carbonyl (C=O) groups excluding carboxylic acids is 2. The molecule has 0 atom stereocenters. The number of nitrogens with one attached hydrogen (secondary N) is 1. The number of hydrogen-bond acceptors (Lipinski definition) is 7.